The molecule has 0 bridgehead atoms. The molecule has 0 radical (unpaired) electrons. The van der Waals surface area contributed by atoms with Crippen molar-refractivity contribution in [3.8, 4) is 0 Å². The summed E-state index contributed by atoms with van der Waals surface area (Å²) in [6, 6.07) is 68.0. The Morgan fingerprint density at radius 1 is 0.365 bits per heavy atom. The molecule has 3 heterocycles. The highest BCUT2D eigenvalue weighted by atomic mass is 32.1. The minimum atomic E-state index is 1.14. The molecule has 0 saturated carbocycles. The highest BCUT2D eigenvalue weighted by molar-refractivity contribution is 7.25. The first kappa shape index (κ1) is 29.1. The van der Waals surface area contributed by atoms with Gasteiger partial charge >= 0.3 is 0 Å². The van der Waals surface area contributed by atoms with Gasteiger partial charge in [0.1, 0.15) is 4.83 Å². The molecule has 0 unspecified atom stereocenters. The minimum Gasteiger partial charge on any atom is -0.310 e. The molecular weight excluding hydrogens is 651 g/mol. The number of nitrogens with zero attached hydrogens (tertiary/aromatic N) is 3. The van der Waals surface area contributed by atoms with E-state index in [0.29, 0.717) is 0 Å². The van der Waals surface area contributed by atoms with Crippen LogP contribution >= 0.6 is 11.3 Å². The van der Waals surface area contributed by atoms with Gasteiger partial charge in [0, 0.05) is 65.8 Å². The second kappa shape index (κ2) is 11.5. The Morgan fingerprint density at radius 3 is 1.50 bits per heavy atom. The van der Waals surface area contributed by atoms with E-state index in [4.69, 9.17) is 0 Å². The van der Waals surface area contributed by atoms with Crippen LogP contribution in [0.3, 0.4) is 0 Å². The lowest BCUT2D eigenvalue weighted by molar-refractivity contribution is 1.29. The lowest BCUT2D eigenvalue weighted by atomic mass is 10.0. The summed E-state index contributed by atoms with van der Waals surface area (Å²) < 4.78 is 3.82. The maximum atomic E-state index is 2.52. The summed E-state index contributed by atoms with van der Waals surface area (Å²) in [4.78, 5) is 5.99. The average Bonchev–Trinajstić information content (AvgIpc) is 3.84. The standard InChI is InChI=1S/C48H31N3S/c1-5-14-34(15-6-1)49(35-16-7-2-8-17-35)38-25-24-32-29-43-45(30-33(32)28-38)52-48-46(43)41-23-13-22-40-42-31-39(26-27-44(42)51(48)47(40)41)50(36-18-9-3-10-19-36)37-20-11-4-12-21-37/h1-31H. The normalized spacial score (nSPS) is 11.8. The SMILES string of the molecule is c1ccc(N(c2ccccc2)c2ccc3cc4c(cc3c2)sc2c4c3cccc4c5cc(N(c6ccccc6)c6ccccc6)ccc5n2c43)cc1. The molecule has 0 fully saturated rings. The van der Waals surface area contributed by atoms with Gasteiger partial charge in [-0.2, -0.15) is 0 Å². The van der Waals surface area contributed by atoms with Gasteiger partial charge in [0.25, 0.3) is 0 Å². The van der Waals surface area contributed by atoms with Crippen LogP contribution in [-0.2, 0) is 0 Å². The predicted molar refractivity (Wildman–Crippen MR) is 223 cm³/mol. The maximum absolute atomic E-state index is 2.52. The van der Waals surface area contributed by atoms with E-state index in [1.54, 1.807) is 0 Å². The van der Waals surface area contributed by atoms with Gasteiger partial charge in [-0.3, -0.25) is 4.40 Å². The van der Waals surface area contributed by atoms with Crippen LogP contribution in [0.25, 0.3) is 58.3 Å². The quantitative estimate of drug-likeness (QED) is 0.173. The largest absolute Gasteiger partial charge is 0.310 e. The molecule has 0 aliphatic heterocycles. The Labute approximate surface area is 304 Å². The van der Waals surface area contributed by atoms with Crippen LogP contribution in [0.4, 0.5) is 34.1 Å². The van der Waals surface area contributed by atoms with Gasteiger partial charge in [0.15, 0.2) is 0 Å². The number of hydrogen-bond donors (Lipinski definition) is 0. The van der Waals surface area contributed by atoms with Crippen molar-refractivity contribution in [3.63, 3.8) is 0 Å². The molecule has 0 aliphatic carbocycles. The van der Waals surface area contributed by atoms with E-state index < -0.39 is 0 Å². The summed E-state index contributed by atoms with van der Waals surface area (Å²) >= 11 is 1.90. The number of hydrogen-bond acceptors (Lipinski definition) is 3. The zero-order valence-corrected chi connectivity index (χ0v) is 29.0. The van der Waals surface area contributed by atoms with E-state index >= 15 is 0 Å². The number of aromatic nitrogens is 1. The first-order valence-corrected chi connectivity index (χ1v) is 18.5. The van der Waals surface area contributed by atoms with Crippen molar-refractivity contribution in [2.24, 2.45) is 0 Å². The van der Waals surface area contributed by atoms with Crippen LogP contribution in [-0.4, -0.2) is 4.40 Å². The van der Waals surface area contributed by atoms with Crippen molar-refractivity contribution in [1.29, 1.82) is 0 Å². The molecule has 4 heteroatoms. The third-order valence-electron chi connectivity index (χ3n) is 10.4. The maximum Gasteiger partial charge on any atom is 0.109 e. The van der Waals surface area contributed by atoms with Crippen LogP contribution in [0.1, 0.15) is 0 Å². The summed E-state index contributed by atoms with van der Waals surface area (Å²) in [5.41, 5.74) is 9.41. The smallest absolute Gasteiger partial charge is 0.109 e. The Kier molecular flexibility index (Phi) is 6.42. The fourth-order valence-corrected chi connectivity index (χ4v) is 9.45. The average molecular weight is 682 g/mol. The van der Waals surface area contributed by atoms with Gasteiger partial charge in [-0.25, -0.2) is 0 Å². The van der Waals surface area contributed by atoms with Crippen LogP contribution in [0.5, 0.6) is 0 Å². The van der Waals surface area contributed by atoms with Crippen molar-refractivity contribution >= 4 is 104 Å². The summed E-state index contributed by atoms with van der Waals surface area (Å²) in [6.07, 6.45) is 0. The lowest BCUT2D eigenvalue weighted by Crippen LogP contribution is -2.09. The molecule has 3 nitrogen and oxygen atoms in total. The second-order valence-corrected chi connectivity index (χ2v) is 14.4. The first-order chi connectivity index (χ1) is 25.8. The fraction of sp³-hybridized carbons (Fsp3) is 0. The molecule has 0 spiro atoms. The van der Waals surface area contributed by atoms with E-state index in [2.05, 4.69) is 202 Å². The van der Waals surface area contributed by atoms with E-state index in [-0.39, 0.29) is 0 Å². The Balaban J connectivity index is 1.10. The number of benzene rings is 8. The summed E-state index contributed by atoms with van der Waals surface area (Å²) in [5.74, 6) is 0. The monoisotopic (exact) mass is 681 g/mol. The van der Waals surface area contributed by atoms with Crippen LogP contribution in [0.15, 0.2) is 188 Å². The van der Waals surface area contributed by atoms with Gasteiger partial charge in [0.2, 0.25) is 0 Å². The molecular formula is C48H31N3S. The van der Waals surface area contributed by atoms with E-state index in [1.807, 2.05) is 11.3 Å². The van der Waals surface area contributed by atoms with E-state index in [0.717, 1.165) is 34.1 Å². The number of rotatable bonds is 6. The Hall–Kier alpha value is -6.62. The van der Waals surface area contributed by atoms with Crippen LogP contribution in [0.2, 0.25) is 0 Å². The molecule has 11 aromatic rings. The predicted octanol–water partition coefficient (Wildman–Crippen LogP) is 14.1. The summed E-state index contributed by atoms with van der Waals surface area (Å²) in [7, 11) is 0. The van der Waals surface area contributed by atoms with Gasteiger partial charge in [0.05, 0.1) is 11.0 Å². The molecule has 0 N–H and O–H groups in total. The van der Waals surface area contributed by atoms with Gasteiger partial charge in [-0.1, -0.05) is 97.1 Å². The van der Waals surface area contributed by atoms with Crippen molar-refractivity contribution in [1.82, 2.24) is 4.40 Å². The molecule has 244 valence electrons. The molecule has 52 heavy (non-hydrogen) atoms. The first-order valence-electron chi connectivity index (χ1n) is 17.7. The third kappa shape index (κ3) is 4.38. The highest BCUT2D eigenvalue weighted by Crippen LogP contribution is 2.48. The van der Waals surface area contributed by atoms with Gasteiger partial charge in [-0.05, 0) is 102 Å². The van der Waals surface area contributed by atoms with Crippen LogP contribution < -0.4 is 9.80 Å². The number of anilines is 6. The third-order valence-corrected chi connectivity index (χ3v) is 11.6. The van der Waals surface area contributed by atoms with E-state index in [1.165, 1.54) is 58.3 Å². The van der Waals surface area contributed by atoms with Gasteiger partial charge in [-0.15, -0.1) is 11.3 Å². The highest BCUT2D eigenvalue weighted by Gasteiger charge is 2.23. The Morgan fingerprint density at radius 2 is 0.904 bits per heavy atom. The molecule has 11 rings (SSSR count). The zero-order valence-electron chi connectivity index (χ0n) is 28.1. The zero-order chi connectivity index (χ0) is 34.2. The van der Waals surface area contributed by atoms with Crippen molar-refractivity contribution in [2.75, 3.05) is 9.80 Å². The molecule has 0 saturated heterocycles. The van der Waals surface area contributed by atoms with Gasteiger partial charge < -0.3 is 9.80 Å². The number of thiophene rings is 1. The second-order valence-electron chi connectivity index (χ2n) is 13.4. The van der Waals surface area contributed by atoms with Crippen molar-refractivity contribution in [3.05, 3.63) is 188 Å². The fourth-order valence-electron chi connectivity index (χ4n) is 8.18. The topological polar surface area (TPSA) is 10.9 Å². The van der Waals surface area contributed by atoms with Crippen molar-refractivity contribution in [2.45, 2.75) is 0 Å². The lowest BCUT2D eigenvalue weighted by Gasteiger charge is -2.25. The van der Waals surface area contributed by atoms with Crippen molar-refractivity contribution < 1.29 is 0 Å². The summed E-state index contributed by atoms with van der Waals surface area (Å²) in [6.45, 7) is 0. The minimum absolute atomic E-state index is 1.14. The Bertz CT molecular complexity index is 2980. The molecule has 0 atom stereocenters. The molecule has 0 amide bonds. The number of para-hydroxylation sites is 5. The summed E-state index contributed by atoms with van der Waals surface area (Å²) in [5, 5.41) is 9.04. The van der Waals surface area contributed by atoms with E-state index in [9.17, 15) is 0 Å². The van der Waals surface area contributed by atoms with Crippen LogP contribution in [0, 0.1) is 0 Å². The molecule has 3 aromatic heterocycles. The molecule has 0 aliphatic rings. The molecule has 8 aromatic carbocycles. The number of fused-ring (bicyclic) bond motifs is 9.